The fraction of sp³-hybridized carbons (Fsp3) is 0.773. The number of hydrogen-bond acceptors (Lipinski definition) is 3. The van der Waals surface area contributed by atoms with Crippen molar-refractivity contribution in [2.75, 3.05) is 6.26 Å². The summed E-state index contributed by atoms with van der Waals surface area (Å²) in [5, 5.41) is 0. The normalized spacial score (nSPS) is 11.1. The molecule has 5 heteroatoms. The van der Waals surface area contributed by atoms with Crippen LogP contribution in [0.1, 0.15) is 96.5 Å². The summed E-state index contributed by atoms with van der Waals surface area (Å²) in [5.74, 6) is 0. The minimum Gasteiger partial charge on any atom is -0.748 e. The second-order valence-electron chi connectivity index (χ2n) is 7.44. The molecule has 27 heavy (non-hydrogen) atoms. The minimum atomic E-state index is -3.92. The summed E-state index contributed by atoms with van der Waals surface area (Å²) in [7, 11) is -3.92. The molecule has 158 valence electrons. The molecule has 4 nitrogen and oxygen atoms in total. The van der Waals surface area contributed by atoms with E-state index in [1.165, 1.54) is 95.6 Å². The van der Waals surface area contributed by atoms with E-state index < -0.39 is 10.1 Å². The first kappa shape index (κ1) is 26.1. The Morgan fingerprint density at radius 2 is 1.33 bits per heavy atom. The molecular formula is C22H41NO3S. The molecule has 1 rings (SSSR count). The number of nitrogens with zero attached hydrogens (tertiary/aromatic N) is 1. The van der Waals surface area contributed by atoms with Crippen LogP contribution < -0.4 is 4.57 Å². The number of rotatable bonds is 14. The number of hydrogen-bond donors (Lipinski definition) is 0. The van der Waals surface area contributed by atoms with Gasteiger partial charge in [-0.05, 0) is 25.3 Å². The van der Waals surface area contributed by atoms with Gasteiger partial charge in [0.25, 0.3) is 0 Å². The molecular weight excluding hydrogens is 358 g/mol. The van der Waals surface area contributed by atoms with Crippen LogP contribution in [0.25, 0.3) is 0 Å². The van der Waals surface area contributed by atoms with E-state index in [0.29, 0.717) is 6.26 Å². The summed E-state index contributed by atoms with van der Waals surface area (Å²) in [6.07, 6.45) is 23.2. The summed E-state index contributed by atoms with van der Waals surface area (Å²) in [4.78, 5) is 0. The molecule has 0 saturated carbocycles. The third-order valence-corrected chi connectivity index (χ3v) is 4.51. The molecule has 1 aromatic rings. The molecule has 0 saturated heterocycles. The molecule has 0 aliphatic carbocycles. The lowest BCUT2D eigenvalue weighted by atomic mass is 10.1. The topological polar surface area (TPSA) is 61.1 Å². The zero-order chi connectivity index (χ0) is 20.4. The van der Waals surface area contributed by atoms with E-state index in [4.69, 9.17) is 13.0 Å². The average Bonchev–Trinajstić information content (AvgIpc) is 2.60. The maximum Gasteiger partial charge on any atom is 0.171 e. The number of aromatic nitrogens is 1. The molecule has 0 radical (unpaired) electrons. The van der Waals surface area contributed by atoms with E-state index in [2.05, 4.69) is 42.9 Å². The van der Waals surface area contributed by atoms with Crippen molar-refractivity contribution in [3.8, 4) is 0 Å². The van der Waals surface area contributed by atoms with Crippen molar-refractivity contribution in [2.24, 2.45) is 0 Å². The van der Waals surface area contributed by atoms with Crippen LogP contribution in [-0.4, -0.2) is 19.2 Å². The van der Waals surface area contributed by atoms with Gasteiger partial charge < -0.3 is 4.55 Å². The van der Waals surface area contributed by atoms with Crippen molar-refractivity contribution in [1.82, 2.24) is 0 Å². The summed E-state index contributed by atoms with van der Waals surface area (Å²) >= 11 is 0. The zero-order valence-corrected chi connectivity index (χ0v) is 18.6. The Morgan fingerprint density at radius 3 is 1.85 bits per heavy atom. The largest absolute Gasteiger partial charge is 0.748 e. The minimum absolute atomic E-state index is 0.604. The summed E-state index contributed by atoms with van der Waals surface area (Å²) in [5.41, 5.74) is 1.50. The first-order valence-corrected chi connectivity index (χ1v) is 12.6. The maximum atomic E-state index is 9.08. The number of aryl methyl sites for hydroxylation is 2. The Labute approximate surface area is 168 Å². The first-order valence-electron chi connectivity index (χ1n) is 10.8. The van der Waals surface area contributed by atoms with Crippen molar-refractivity contribution in [3.63, 3.8) is 0 Å². The van der Waals surface area contributed by atoms with Gasteiger partial charge in [-0.3, -0.25) is 0 Å². The highest BCUT2D eigenvalue weighted by Crippen LogP contribution is 2.10. The van der Waals surface area contributed by atoms with Crippen molar-refractivity contribution in [1.29, 1.82) is 0 Å². The highest BCUT2D eigenvalue weighted by molar-refractivity contribution is 7.84. The van der Waals surface area contributed by atoms with Crippen LogP contribution in [-0.2, 0) is 23.1 Å². The van der Waals surface area contributed by atoms with E-state index in [1.807, 2.05) is 0 Å². The van der Waals surface area contributed by atoms with E-state index in [9.17, 15) is 0 Å². The lowest BCUT2D eigenvalue weighted by molar-refractivity contribution is -0.697. The lowest BCUT2D eigenvalue weighted by Gasteiger charge is -2.02. The molecule has 0 spiro atoms. The van der Waals surface area contributed by atoms with Crippen molar-refractivity contribution in [3.05, 3.63) is 30.1 Å². The fourth-order valence-corrected chi connectivity index (χ4v) is 3.03. The summed E-state index contributed by atoms with van der Waals surface area (Å²) in [6, 6.07) is 4.48. The molecule has 0 amide bonds. The molecule has 0 fully saturated rings. The Hall–Kier alpha value is -0.940. The quantitative estimate of drug-likeness (QED) is 0.239. The van der Waals surface area contributed by atoms with Gasteiger partial charge in [-0.25, -0.2) is 13.0 Å². The second-order valence-corrected chi connectivity index (χ2v) is 8.85. The predicted molar refractivity (Wildman–Crippen MR) is 113 cm³/mol. The van der Waals surface area contributed by atoms with Crippen LogP contribution in [0, 0.1) is 0 Å². The van der Waals surface area contributed by atoms with Crippen LogP contribution in [0.5, 0.6) is 0 Å². The summed E-state index contributed by atoms with van der Waals surface area (Å²) in [6.45, 7) is 5.74. The first-order chi connectivity index (χ1) is 12.9. The SMILES string of the molecule is CCCCCCCCCCCC[n+]1cccc(CCCC)c1.CS(=O)(=O)[O-]. The molecule has 0 aromatic carbocycles. The molecule has 0 N–H and O–H groups in total. The average molecular weight is 400 g/mol. The van der Waals surface area contributed by atoms with E-state index in [1.54, 1.807) is 0 Å². The highest BCUT2D eigenvalue weighted by Gasteiger charge is 2.02. The smallest absolute Gasteiger partial charge is 0.171 e. The van der Waals surface area contributed by atoms with Gasteiger partial charge in [0.1, 0.15) is 6.54 Å². The Balaban J connectivity index is 0.00000119. The standard InChI is InChI=1S/C21H38N.CH4O3S/c1-3-5-7-8-9-10-11-12-13-14-18-22-19-15-17-21(20-22)16-6-4-2;1-5(2,3)4/h15,17,19-20H,3-14,16,18H2,1-2H3;1H3,(H,2,3,4)/q+1;/p-1. The lowest BCUT2D eigenvalue weighted by Crippen LogP contribution is -2.33. The molecule has 0 aliphatic rings. The summed E-state index contributed by atoms with van der Waals surface area (Å²) < 4.78 is 29.6. The van der Waals surface area contributed by atoms with Gasteiger partial charge >= 0.3 is 0 Å². The van der Waals surface area contributed by atoms with Crippen LogP contribution >= 0.6 is 0 Å². The molecule has 0 unspecified atom stereocenters. The van der Waals surface area contributed by atoms with Crippen LogP contribution in [0.4, 0.5) is 0 Å². The van der Waals surface area contributed by atoms with Crippen LogP contribution in [0.15, 0.2) is 24.5 Å². The van der Waals surface area contributed by atoms with Gasteiger partial charge in [0.15, 0.2) is 12.4 Å². The molecule has 0 bridgehead atoms. The zero-order valence-electron chi connectivity index (χ0n) is 17.8. The van der Waals surface area contributed by atoms with E-state index in [0.717, 1.165) is 0 Å². The molecule has 1 heterocycles. The molecule has 1 aromatic heterocycles. The van der Waals surface area contributed by atoms with E-state index in [-0.39, 0.29) is 0 Å². The second kappa shape index (κ2) is 17.2. The van der Waals surface area contributed by atoms with Crippen molar-refractivity contribution < 1.29 is 17.5 Å². The predicted octanol–water partition coefficient (Wildman–Crippen LogP) is 5.40. The van der Waals surface area contributed by atoms with Crippen molar-refractivity contribution >= 4 is 10.1 Å². The molecule has 0 aliphatic heterocycles. The Bertz CT molecular complexity index is 550. The van der Waals surface area contributed by atoms with Crippen LogP contribution in [0.2, 0.25) is 0 Å². The monoisotopic (exact) mass is 399 g/mol. The number of unbranched alkanes of at least 4 members (excludes halogenated alkanes) is 10. The fourth-order valence-electron chi connectivity index (χ4n) is 3.03. The molecule has 0 atom stereocenters. The van der Waals surface area contributed by atoms with E-state index >= 15 is 0 Å². The van der Waals surface area contributed by atoms with Gasteiger partial charge in [-0.1, -0.05) is 71.6 Å². The number of pyridine rings is 1. The van der Waals surface area contributed by atoms with Crippen molar-refractivity contribution in [2.45, 2.75) is 104 Å². The Kier molecular flexibility index (Phi) is 16.6. The van der Waals surface area contributed by atoms with Gasteiger partial charge in [0.05, 0.1) is 10.1 Å². The van der Waals surface area contributed by atoms with Gasteiger partial charge in [-0.2, -0.15) is 0 Å². The highest BCUT2D eigenvalue weighted by atomic mass is 32.2. The third-order valence-electron chi connectivity index (χ3n) is 4.51. The van der Waals surface area contributed by atoms with Crippen LogP contribution in [0.3, 0.4) is 0 Å². The maximum absolute atomic E-state index is 9.08. The van der Waals surface area contributed by atoms with Gasteiger partial charge in [-0.15, -0.1) is 0 Å². The van der Waals surface area contributed by atoms with Gasteiger partial charge in [0.2, 0.25) is 0 Å². The van der Waals surface area contributed by atoms with Gasteiger partial charge in [0, 0.05) is 24.3 Å². The Morgan fingerprint density at radius 1 is 0.852 bits per heavy atom. The third kappa shape index (κ3) is 21.2.